The fourth-order valence-corrected chi connectivity index (χ4v) is 3.69. The summed E-state index contributed by atoms with van der Waals surface area (Å²) in [7, 11) is 3.22. The minimum absolute atomic E-state index is 0.229. The number of ether oxygens (including phenoxy) is 2. The van der Waals surface area contributed by atoms with E-state index in [4.69, 9.17) is 9.47 Å². The summed E-state index contributed by atoms with van der Waals surface area (Å²) >= 11 is 0. The lowest BCUT2D eigenvalue weighted by molar-refractivity contribution is -0.132. The van der Waals surface area contributed by atoms with Gasteiger partial charge in [-0.05, 0) is 56.7 Å². The van der Waals surface area contributed by atoms with Crippen molar-refractivity contribution in [1.29, 1.82) is 0 Å². The second-order valence-electron chi connectivity index (χ2n) is 7.31. The van der Waals surface area contributed by atoms with E-state index in [2.05, 4.69) is 5.32 Å². The Balaban J connectivity index is 2.10. The zero-order valence-electron chi connectivity index (χ0n) is 18.4. The second-order valence-corrected chi connectivity index (χ2v) is 7.31. The highest BCUT2D eigenvalue weighted by atomic mass is 16.5. The number of hydrogen-bond donors (Lipinski definition) is 2. The molecule has 0 aliphatic carbocycles. The molecule has 5 nitrogen and oxygen atoms in total. The maximum absolute atomic E-state index is 11.4. The van der Waals surface area contributed by atoms with Crippen LogP contribution in [-0.4, -0.2) is 25.3 Å². The number of carboxylic acids is 1. The minimum Gasteiger partial charge on any atom is -0.496 e. The molecule has 0 spiro atoms. The molecule has 0 heterocycles. The molecule has 0 amide bonds. The van der Waals surface area contributed by atoms with Crippen LogP contribution in [0.2, 0.25) is 0 Å². The van der Waals surface area contributed by atoms with Crippen molar-refractivity contribution in [3.63, 3.8) is 0 Å². The average Bonchev–Trinajstić information content (AvgIpc) is 2.77. The average molecular weight is 418 g/mol. The topological polar surface area (TPSA) is 67.8 Å². The van der Waals surface area contributed by atoms with Crippen LogP contribution in [0.15, 0.2) is 60.2 Å². The van der Waals surface area contributed by atoms with E-state index in [-0.39, 0.29) is 5.57 Å². The molecule has 0 fully saturated rings. The van der Waals surface area contributed by atoms with Gasteiger partial charge in [0.05, 0.1) is 14.2 Å². The van der Waals surface area contributed by atoms with Crippen LogP contribution in [0.4, 0.5) is 11.4 Å². The van der Waals surface area contributed by atoms with E-state index in [1.165, 1.54) is 0 Å². The van der Waals surface area contributed by atoms with Crippen molar-refractivity contribution in [3.05, 3.63) is 76.9 Å². The van der Waals surface area contributed by atoms with Crippen LogP contribution in [0.25, 0.3) is 17.2 Å². The number of benzene rings is 3. The highest BCUT2D eigenvalue weighted by Crippen LogP contribution is 2.44. The van der Waals surface area contributed by atoms with E-state index in [0.29, 0.717) is 17.1 Å². The molecule has 5 heteroatoms. The minimum atomic E-state index is -0.969. The first-order valence-corrected chi connectivity index (χ1v) is 9.96. The number of carbonyl (C=O) groups is 1. The molecule has 3 rings (SSSR count). The third-order valence-electron chi connectivity index (χ3n) is 5.27. The van der Waals surface area contributed by atoms with Crippen molar-refractivity contribution in [2.45, 2.75) is 20.8 Å². The van der Waals surface area contributed by atoms with Crippen LogP contribution >= 0.6 is 0 Å². The molecule has 0 bridgehead atoms. The number of hydrogen-bond acceptors (Lipinski definition) is 4. The first-order chi connectivity index (χ1) is 14.9. The quantitative estimate of drug-likeness (QED) is 0.447. The molecule has 0 aliphatic rings. The number of carboxylic acid groups (broad SMARTS) is 1. The molecule has 0 aromatic heterocycles. The number of anilines is 2. The summed E-state index contributed by atoms with van der Waals surface area (Å²) in [5, 5.41) is 12.7. The van der Waals surface area contributed by atoms with Gasteiger partial charge in [-0.25, -0.2) is 4.79 Å². The Kier molecular flexibility index (Phi) is 6.65. The molecule has 0 saturated carbocycles. The summed E-state index contributed by atoms with van der Waals surface area (Å²) in [5.41, 5.74) is 6.56. The maximum Gasteiger partial charge on any atom is 0.331 e. The summed E-state index contributed by atoms with van der Waals surface area (Å²) < 4.78 is 11.5. The van der Waals surface area contributed by atoms with E-state index >= 15 is 0 Å². The van der Waals surface area contributed by atoms with Crippen LogP contribution in [0.3, 0.4) is 0 Å². The lowest BCUT2D eigenvalue weighted by Crippen LogP contribution is -2.03. The lowest BCUT2D eigenvalue weighted by Gasteiger charge is -2.21. The largest absolute Gasteiger partial charge is 0.496 e. The van der Waals surface area contributed by atoms with E-state index in [0.717, 1.165) is 33.6 Å². The highest BCUT2D eigenvalue weighted by Gasteiger charge is 2.22. The third kappa shape index (κ3) is 4.56. The van der Waals surface area contributed by atoms with Gasteiger partial charge in [0.2, 0.25) is 0 Å². The van der Waals surface area contributed by atoms with E-state index in [9.17, 15) is 9.90 Å². The predicted molar refractivity (Wildman–Crippen MR) is 125 cm³/mol. The van der Waals surface area contributed by atoms with Gasteiger partial charge < -0.3 is 19.9 Å². The van der Waals surface area contributed by atoms with E-state index in [1.807, 2.05) is 68.4 Å². The molecule has 0 atom stereocenters. The van der Waals surface area contributed by atoms with Crippen molar-refractivity contribution in [2.24, 2.45) is 0 Å². The van der Waals surface area contributed by atoms with Crippen LogP contribution in [0.5, 0.6) is 11.5 Å². The molecule has 160 valence electrons. The van der Waals surface area contributed by atoms with Gasteiger partial charge >= 0.3 is 5.97 Å². The Labute approximate surface area is 183 Å². The van der Waals surface area contributed by atoms with Gasteiger partial charge in [-0.3, -0.25) is 0 Å². The number of para-hydroxylation sites is 1. The van der Waals surface area contributed by atoms with Crippen LogP contribution in [0, 0.1) is 13.8 Å². The smallest absolute Gasteiger partial charge is 0.331 e. The van der Waals surface area contributed by atoms with Crippen molar-refractivity contribution in [2.75, 3.05) is 19.5 Å². The Morgan fingerprint density at radius 2 is 1.45 bits per heavy atom. The molecule has 0 unspecified atom stereocenters. The number of aliphatic carboxylic acids is 1. The van der Waals surface area contributed by atoms with Gasteiger partial charge in [-0.15, -0.1) is 0 Å². The molecule has 3 aromatic rings. The Bertz CT molecular complexity index is 1120. The van der Waals surface area contributed by atoms with Gasteiger partial charge in [0.15, 0.2) is 0 Å². The van der Waals surface area contributed by atoms with Crippen molar-refractivity contribution in [1.82, 2.24) is 0 Å². The molecule has 0 radical (unpaired) electrons. The Morgan fingerprint density at radius 1 is 0.871 bits per heavy atom. The van der Waals surface area contributed by atoms with Gasteiger partial charge in [-0.1, -0.05) is 30.3 Å². The zero-order valence-corrected chi connectivity index (χ0v) is 18.4. The van der Waals surface area contributed by atoms with E-state index in [1.54, 1.807) is 27.2 Å². The van der Waals surface area contributed by atoms with Crippen LogP contribution in [-0.2, 0) is 4.79 Å². The fourth-order valence-electron chi connectivity index (χ4n) is 3.69. The third-order valence-corrected chi connectivity index (χ3v) is 5.27. The summed E-state index contributed by atoms with van der Waals surface area (Å²) in [4.78, 5) is 11.4. The Morgan fingerprint density at radius 3 is 2.00 bits per heavy atom. The maximum atomic E-state index is 11.4. The molecule has 2 N–H and O–H groups in total. The van der Waals surface area contributed by atoms with Gasteiger partial charge in [0.25, 0.3) is 0 Å². The van der Waals surface area contributed by atoms with Gasteiger partial charge in [0.1, 0.15) is 11.5 Å². The second kappa shape index (κ2) is 9.39. The predicted octanol–water partition coefficient (Wildman–Crippen LogP) is 6.22. The number of nitrogens with one attached hydrogen (secondary N) is 1. The summed E-state index contributed by atoms with van der Waals surface area (Å²) in [6.45, 7) is 5.44. The number of methoxy groups -OCH3 is 2. The normalized spacial score (nSPS) is 11.2. The summed E-state index contributed by atoms with van der Waals surface area (Å²) in [6.07, 6.45) is 1.63. The van der Waals surface area contributed by atoms with Crippen molar-refractivity contribution >= 4 is 23.4 Å². The molecular formula is C26H27NO4. The van der Waals surface area contributed by atoms with Crippen molar-refractivity contribution < 1.29 is 19.4 Å². The molecule has 3 aromatic carbocycles. The zero-order chi connectivity index (χ0) is 22.5. The van der Waals surface area contributed by atoms with Crippen LogP contribution in [0.1, 0.15) is 23.6 Å². The van der Waals surface area contributed by atoms with Gasteiger partial charge in [0, 0.05) is 39.2 Å². The van der Waals surface area contributed by atoms with Gasteiger partial charge in [-0.2, -0.15) is 0 Å². The fraction of sp³-hybridized carbons (Fsp3) is 0.192. The standard InChI is InChI=1S/C26H27NO4/c1-16(26(28)29)15-22-17(2)25(31-5)23(18(3)24(22)30-4)19-11-13-21(14-12-19)27-20-9-7-6-8-10-20/h6-15,27H,1-5H3,(H,28,29)/b16-15+. The summed E-state index contributed by atoms with van der Waals surface area (Å²) in [6, 6.07) is 18.1. The molecule has 31 heavy (non-hydrogen) atoms. The number of rotatable bonds is 7. The Hall–Kier alpha value is -3.73. The monoisotopic (exact) mass is 417 g/mol. The lowest BCUT2D eigenvalue weighted by atomic mass is 9.91. The molecule has 0 saturated heterocycles. The molecule has 0 aliphatic heterocycles. The highest BCUT2D eigenvalue weighted by molar-refractivity contribution is 5.93. The van der Waals surface area contributed by atoms with Crippen molar-refractivity contribution in [3.8, 4) is 22.6 Å². The SMILES string of the molecule is COc1c(C)c(-c2ccc(Nc3ccccc3)cc2)c(OC)c(C)c1/C=C(\C)C(=O)O. The molecular weight excluding hydrogens is 390 g/mol. The van der Waals surface area contributed by atoms with E-state index < -0.39 is 5.97 Å². The first-order valence-electron chi connectivity index (χ1n) is 9.96. The summed E-state index contributed by atoms with van der Waals surface area (Å²) in [5.74, 6) is 0.371. The van der Waals surface area contributed by atoms with Crippen LogP contribution < -0.4 is 14.8 Å². The first kappa shape index (κ1) is 22.0.